The molecule has 1 aromatic carbocycles. The zero-order valence-electron chi connectivity index (χ0n) is 13.1. The third kappa shape index (κ3) is 3.47. The zero-order valence-corrected chi connectivity index (χ0v) is 13.1. The molecule has 0 radical (unpaired) electrons. The molecule has 0 aliphatic carbocycles. The van der Waals surface area contributed by atoms with Gasteiger partial charge in [-0.05, 0) is 42.5 Å². The van der Waals surface area contributed by atoms with Crippen LogP contribution in [0.5, 0.6) is 0 Å². The number of aryl methyl sites for hydroxylation is 2. The lowest BCUT2D eigenvalue weighted by Gasteiger charge is -2.28. The summed E-state index contributed by atoms with van der Waals surface area (Å²) < 4.78 is 13.5. The molecule has 2 aromatic rings. The van der Waals surface area contributed by atoms with Gasteiger partial charge in [-0.25, -0.2) is 14.4 Å². The Labute approximate surface area is 134 Å². The number of nitrogen functional groups attached to an aromatic ring is 1. The van der Waals surface area contributed by atoms with Crippen LogP contribution in [-0.4, -0.2) is 27.3 Å². The fourth-order valence-corrected chi connectivity index (χ4v) is 2.73. The molecule has 1 aromatic heterocycles. The quantitative estimate of drug-likeness (QED) is 0.941. The number of carbonyl (C=O) groups excluding carboxylic acids is 1. The van der Waals surface area contributed by atoms with Crippen molar-refractivity contribution in [3.63, 3.8) is 0 Å². The summed E-state index contributed by atoms with van der Waals surface area (Å²) in [5, 5.41) is 0. The van der Waals surface area contributed by atoms with Crippen molar-refractivity contribution in [2.24, 2.45) is 0 Å². The van der Waals surface area contributed by atoms with Gasteiger partial charge in [0.2, 0.25) is 11.9 Å². The molecule has 0 atom stereocenters. The third-order valence-corrected chi connectivity index (χ3v) is 4.18. The Morgan fingerprint density at radius 1 is 1.43 bits per heavy atom. The molecule has 0 saturated heterocycles. The maximum atomic E-state index is 13.5. The summed E-state index contributed by atoms with van der Waals surface area (Å²) in [5.41, 5.74) is 8.92. The van der Waals surface area contributed by atoms with Gasteiger partial charge in [0.25, 0.3) is 0 Å². The van der Waals surface area contributed by atoms with Gasteiger partial charge in [0.1, 0.15) is 5.82 Å². The summed E-state index contributed by atoms with van der Waals surface area (Å²) in [6.45, 7) is 2.84. The van der Waals surface area contributed by atoms with Gasteiger partial charge < -0.3 is 10.6 Å². The second-order valence-corrected chi connectivity index (χ2v) is 5.85. The molecular formula is C17H19FN4O. The summed E-state index contributed by atoms with van der Waals surface area (Å²) >= 11 is 0. The van der Waals surface area contributed by atoms with Gasteiger partial charge >= 0.3 is 0 Å². The van der Waals surface area contributed by atoms with Crippen LogP contribution in [0, 0.1) is 12.7 Å². The molecule has 0 fully saturated rings. The number of hydrogen-bond acceptors (Lipinski definition) is 4. The summed E-state index contributed by atoms with van der Waals surface area (Å²) in [6.07, 6.45) is 3.36. The monoisotopic (exact) mass is 314 g/mol. The minimum Gasteiger partial charge on any atom is -0.368 e. The van der Waals surface area contributed by atoms with Crippen LogP contribution in [0.25, 0.3) is 0 Å². The van der Waals surface area contributed by atoms with Crippen LogP contribution in [0.4, 0.5) is 10.3 Å². The fraction of sp³-hybridized carbons (Fsp3) is 0.353. The molecule has 0 unspecified atom stereocenters. The van der Waals surface area contributed by atoms with Gasteiger partial charge in [0.05, 0.1) is 12.2 Å². The van der Waals surface area contributed by atoms with E-state index in [0.29, 0.717) is 31.5 Å². The highest BCUT2D eigenvalue weighted by Crippen LogP contribution is 2.18. The SMILES string of the molecule is Cc1ccc(CCC(=O)N2CCc3cnc(N)nc3C2)cc1F. The molecular weight excluding hydrogens is 295 g/mol. The second-order valence-electron chi connectivity index (χ2n) is 5.85. The van der Waals surface area contributed by atoms with Gasteiger partial charge in [-0.1, -0.05) is 12.1 Å². The van der Waals surface area contributed by atoms with E-state index in [4.69, 9.17) is 5.73 Å². The van der Waals surface area contributed by atoms with Gasteiger partial charge in [0, 0.05) is 19.2 Å². The predicted molar refractivity (Wildman–Crippen MR) is 85.0 cm³/mol. The number of aromatic nitrogens is 2. The van der Waals surface area contributed by atoms with Crippen molar-refractivity contribution >= 4 is 11.9 Å². The van der Waals surface area contributed by atoms with Gasteiger partial charge in [-0.2, -0.15) is 0 Å². The van der Waals surface area contributed by atoms with Crippen LogP contribution in [0.3, 0.4) is 0 Å². The molecule has 0 bridgehead atoms. The minimum atomic E-state index is -0.228. The van der Waals surface area contributed by atoms with Crippen LogP contribution in [0.1, 0.15) is 28.8 Å². The van der Waals surface area contributed by atoms with E-state index in [1.54, 1.807) is 24.1 Å². The summed E-state index contributed by atoms with van der Waals surface area (Å²) in [7, 11) is 0. The predicted octanol–water partition coefficient (Wildman–Crippen LogP) is 2.02. The molecule has 0 spiro atoms. The molecule has 3 rings (SSSR count). The Kier molecular flexibility index (Phi) is 4.23. The first kappa shape index (κ1) is 15.4. The van der Waals surface area contributed by atoms with Crippen LogP contribution in [0.15, 0.2) is 24.4 Å². The third-order valence-electron chi connectivity index (χ3n) is 4.18. The summed E-state index contributed by atoms with van der Waals surface area (Å²) in [4.78, 5) is 22.3. The number of fused-ring (bicyclic) bond motifs is 1. The number of halogens is 1. The van der Waals surface area contributed by atoms with Crippen molar-refractivity contribution < 1.29 is 9.18 Å². The average Bonchev–Trinajstić information content (AvgIpc) is 2.55. The van der Waals surface area contributed by atoms with Crippen molar-refractivity contribution in [2.75, 3.05) is 12.3 Å². The second kappa shape index (κ2) is 6.32. The molecule has 6 heteroatoms. The number of benzene rings is 1. The van der Waals surface area contributed by atoms with Crippen LogP contribution in [0.2, 0.25) is 0 Å². The van der Waals surface area contributed by atoms with E-state index in [0.717, 1.165) is 23.2 Å². The first-order valence-electron chi connectivity index (χ1n) is 7.66. The molecule has 1 amide bonds. The van der Waals surface area contributed by atoms with Crippen LogP contribution >= 0.6 is 0 Å². The highest BCUT2D eigenvalue weighted by atomic mass is 19.1. The highest BCUT2D eigenvalue weighted by molar-refractivity contribution is 5.76. The lowest BCUT2D eigenvalue weighted by Crippen LogP contribution is -2.36. The molecule has 5 nitrogen and oxygen atoms in total. The maximum absolute atomic E-state index is 13.5. The van der Waals surface area contributed by atoms with Crippen molar-refractivity contribution in [1.29, 1.82) is 0 Å². The zero-order chi connectivity index (χ0) is 16.4. The smallest absolute Gasteiger partial charge is 0.223 e. The van der Waals surface area contributed by atoms with E-state index >= 15 is 0 Å². The van der Waals surface area contributed by atoms with Gasteiger partial charge in [0.15, 0.2) is 0 Å². The van der Waals surface area contributed by atoms with E-state index < -0.39 is 0 Å². The molecule has 0 saturated carbocycles. The summed E-state index contributed by atoms with van der Waals surface area (Å²) in [6, 6.07) is 5.11. The first-order valence-corrected chi connectivity index (χ1v) is 7.66. The van der Waals surface area contributed by atoms with Crippen LogP contribution < -0.4 is 5.73 Å². The highest BCUT2D eigenvalue weighted by Gasteiger charge is 2.22. The van der Waals surface area contributed by atoms with Crippen molar-refractivity contribution in [2.45, 2.75) is 32.7 Å². The van der Waals surface area contributed by atoms with Gasteiger partial charge in [-0.15, -0.1) is 0 Å². The topological polar surface area (TPSA) is 72.1 Å². The molecule has 23 heavy (non-hydrogen) atoms. The van der Waals surface area contributed by atoms with E-state index in [9.17, 15) is 9.18 Å². The first-order chi connectivity index (χ1) is 11.0. The Balaban J connectivity index is 1.62. The number of carbonyl (C=O) groups is 1. The van der Waals surface area contributed by atoms with Crippen molar-refractivity contribution in [3.8, 4) is 0 Å². The molecule has 2 heterocycles. The Morgan fingerprint density at radius 2 is 2.26 bits per heavy atom. The number of rotatable bonds is 3. The number of amides is 1. The number of nitrogens with two attached hydrogens (primary N) is 1. The van der Waals surface area contributed by atoms with E-state index in [-0.39, 0.29) is 17.7 Å². The minimum absolute atomic E-state index is 0.0498. The largest absolute Gasteiger partial charge is 0.368 e. The maximum Gasteiger partial charge on any atom is 0.223 e. The van der Waals surface area contributed by atoms with Gasteiger partial charge in [-0.3, -0.25) is 4.79 Å². The van der Waals surface area contributed by atoms with Crippen molar-refractivity contribution in [1.82, 2.24) is 14.9 Å². The number of hydrogen-bond donors (Lipinski definition) is 1. The fourth-order valence-electron chi connectivity index (χ4n) is 2.73. The molecule has 1 aliphatic heterocycles. The average molecular weight is 314 g/mol. The number of anilines is 1. The lowest BCUT2D eigenvalue weighted by atomic mass is 10.0. The normalized spacial score (nSPS) is 13.7. The molecule has 120 valence electrons. The van der Waals surface area contributed by atoms with E-state index in [1.165, 1.54) is 6.07 Å². The molecule has 2 N–H and O–H groups in total. The molecule has 1 aliphatic rings. The summed E-state index contributed by atoms with van der Waals surface area (Å²) in [5.74, 6) is 0.0519. The van der Waals surface area contributed by atoms with E-state index in [1.807, 2.05) is 6.07 Å². The Bertz CT molecular complexity index is 747. The van der Waals surface area contributed by atoms with Crippen LogP contribution in [-0.2, 0) is 24.2 Å². The van der Waals surface area contributed by atoms with Crippen molar-refractivity contribution in [3.05, 3.63) is 52.6 Å². The Morgan fingerprint density at radius 3 is 3.04 bits per heavy atom. The number of nitrogens with zero attached hydrogens (tertiary/aromatic N) is 3. The Hall–Kier alpha value is -2.50. The standard InChI is InChI=1S/C17H19FN4O/c1-11-2-3-12(8-14(11)18)4-5-16(23)22-7-6-13-9-20-17(19)21-15(13)10-22/h2-3,8-9H,4-7,10H2,1H3,(H2,19,20,21). The van der Waals surface area contributed by atoms with E-state index in [2.05, 4.69) is 9.97 Å². The lowest BCUT2D eigenvalue weighted by molar-refractivity contribution is -0.132.